The molecule has 2 nitrogen and oxygen atoms in total. The van der Waals surface area contributed by atoms with Crippen molar-refractivity contribution >= 4 is 15.9 Å². The van der Waals surface area contributed by atoms with Gasteiger partial charge in [-0.25, -0.2) is 0 Å². The van der Waals surface area contributed by atoms with Gasteiger partial charge in [-0.3, -0.25) is 4.90 Å². The van der Waals surface area contributed by atoms with E-state index >= 15 is 0 Å². The maximum Gasteiger partial charge on any atom is 0.0782 e. The van der Waals surface area contributed by atoms with E-state index in [0.29, 0.717) is 4.95 Å². The summed E-state index contributed by atoms with van der Waals surface area (Å²) in [6.07, 6.45) is 0. The lowest BCUT2D eigenvalue weighted by Crippen LogP contribution is -2.47. The van der Waals surface area contributed by atoms with Crippen molar-refractivity contribution in [1.29, 1.82) is 0 Å². The van der Waals surface area contributed by atoms with Crippen LogP contribution >= 0.6 is 15.9 Å². The first-order valence-corrected chi connectivity index (χ1v) is 4.35. The summed E-state index contributed by atoms with van der Waals surface area (Å²) in [5, 5.41) is 3.31. The number of hydrogen-bond donors (Lipinski definition) is 1. The Hall–Kier alpha value is 0.400. The van der Waals surface area contributed by atoms with Gasteiger partial charge in [0.2, 0.25) is 0 Å². The SMILES string of the molecule is CCN1CCNCC1Br. The summed E-state index contributed by atoms with van der Waals surface area (Å²) in [5.74, 6) is 0. The van der Waals surface area contributed by atoms with Gasteiger partial charge in [-0.1, -0.05) is 22.9 Å². The van der Waals surface area contributed by atoms with Gasteiger partial charge in [-0.05, 0) is 6.54 Å². The summed E-state index contributed by atoms with van der Waals surface area (Å²) >= 11 is 3.58. The summed E-state index contributed by atoms with van der Waals surface area (Å²) < 4.78 is 0. The van der Waals surface area contributed by atoms with Crippen molar-refractivity contribution in [2.45, 2.75) is 11.9 Å². The van der Waals surface area contributed by atoms with E-state index in [2.05, 4.69) is 33.1 Å². The molecule has 3 heteroatoms. The Morgan fingerprint density at radius 1 is 1.78 bits per heavy atom. The fourth-order valence-electron chi connectivity index (χ4n) is 1.07. The maximum atomic E-state index is 3.58. The molecule has 0 radical (unpaired) electrons. The summed E-state index contributed by atoms with van der Waals surface area (Å²) in [6, 6.07) is 0. The zero-order chi connectivity index (χ0) is 6.69. The fourth-order valence-corrected chi connectivity index (χ4v) is 1.79. The van der Waals surface area contributed by atoms with Crippen LogP contribution in [0, 0.1) is 0 Å². The number of halogens is 1. The van der Waals surface area contributed by atoms with Crippen LogP contribution in [0.1, 0.15) is 6.92 Å². The summed E-state index contributed by atoms with van der Waals surface area (Å²) in [4.78, 5) is 2.97. The lowest BCUT2D eigenvalue weighted by molar-refractivity contribution is 0.234. The average Bonchev–Trinajstić information content (AvgIpc) is 1.89. The average molecular weight is 193 g/mol. The van der Waals surface area contributed by atoms with E-state index in [1.54, 1.807) is 0 Å². The van der Waals surface area contributed by atoms with Gasteiger partial charge < -0.3 is 5.32 Å². The monoisotopic (exact) mass is 192 g/mol. The Bertz CT molecular complexity index is 87.1. The summed E-state index contributed by atoms with van der Waals surface area (Å²) in [7, 11) is 0. The number of nitrogens with one attached hydrogen (secondary N) is 1. The summed E-state index contributed by atoms with van der Waals surface area (Å²) in [5.41, 5.74) is 0. The smallest absolute Gasteiger partial charge is 0.0782 e. The number of nitrogens with zero attached hydrogens (tertiary/aromatic N) is 1. The van der Waals surface area contributed by atoms with E-state index in [1.807, 2.05) is 0 Å². The number of likely N-dealkylation sites (N-methyl/N-ethyl adjacent to an activating group) is 1. The van der Waals surface area contributed by atoms with Crippen LogP contribution < -0.4 is 5.32 Å². The highest BCUT2D eigenvalue weighted by atomic mass is 79.9. The minimum absolute atomic E-state index is 0.552. The van der Waals surface area contributed by atoms with Crippen LogP contribution in [-0.4, -0.2) is 36.0 Å². The molecule has 0 aromatic rings. The minimum atomic E-state index is 0.552. The van der Waals surface area contributed by atoms with Gasteiger partial charge in [0.25, 0.3) is 0 Å². The van der Waals surface area contributed by atoms with Crippen molar-refractivity contribution in [2.75, 3.05) is 26.2 Å². The van der Waals surface area contributed by atoms with Gasteiger partial charge >= 0.3 is 0 Å². The molecule has 1 aliphatic heterocycles. The molecular weight excluding hydrogens is 180 g/mol. The Kier molecular flexibility index (Phi) is 2.95. The van der Waals surface area contributed by atoms with E-state index in [1.165, 1.54) is 6.54 Å². The van der Waals surface area contributed by atoms with Gasteiger partial charge in [0.05, 0.1) is 4.95 Å². The molecular formula is C6H13BrN2. The predicted molar refractivity (Wildman–Crippen MR) is 42.8 cm³/mol. The van der Waals surface area contributed by atoms with Gasteiger partial charge in [-0.15, -0.1) is 0 Å². The number of piperazine rings is 1. The van der Waals surface area contributed by atoms with Gasteiger partial charge in [0.15, 0.2) is 0 Å². The third-order valence-electron chi connectivity index (χ3n) is 1.69. The molecule has 0 bridgehead atoms. The highest BCUT2D eigenvalue weighted by Crippen LogP contribution is 2.07. The van der Waals surface area contributed by atoms with E-state index in [9.17, 15) is 0 Å². The van der Waals surface area contributed by atoms with E-state index in [0.717, 1.165) is 19.6 Å². The molecule has 1 heterocycles. The second-order valence-corrected chi connectivity index (χ2v) is 3.32. The second-order valence-electron chi connectivity index (χ2n) is 2.27. The fraction of sp³-hybridized carbons (Fsp3) is 1.00. The molecule has 0 aromatic carbocycles. The zero-order valence-electron chi connectivity index (χ0n) is 5.73. The van der Waals surface area contributed by atoms with Crippen LogP contribution in [-0.2, 0) is 0 Å². The number of rotatable bonds is 1. The van der Waals surface area contributed by atoms with Crippen LogP contribution in [0.3, 0.4) is 0 Å². The highest BCUT2D eigenvalue weighted by molar-refractivity contribution is 9.09. The Balaban J connectivity index is 2.30. The molecule has 9 heavy (non-hydrogen) atoms. The third kappa shape index (κ3) is 1.92. The maximum absolute atomic E-state index is 3.58. The summed E-state index contributed by atoms with van der Waals surface area (Å²) in [6.45, 7) is 6.73. The van der Waals surface area contributed by atoms with E-state index in [-0.39, 0.29) is 0 Å². The van der Waals surface area contributed by atoms with Crippen molar-refractivity contribution in [3.63, 3.8) is 0 Å². The van der Waals surface area contributed by atoms with Gasteiger partial charge in [-0.2, -0.15) is 0 Å². The second kappa shape index (κ2) is 3.54. The largest absolute Gasteiger partial charge is 0.313 e. The van der Waals surface area contributed by atoms with Crippen molar-refractivity contribution in [1.82, 2.24) is 10.2 Å². The highest BCUT2D eigenvalue weighted by Gasteiger charge is 2.16. The molecule has 1 atom stereocenters. The molecule has 1 aliphatic rings. The third-order valence-corrected chi connectivity index (χ3v) is 2.59. The molecule has 0 saturated carbocycles. The van der Waals surface area contributed by atoms with Crippen LogP contribution in [0.2, 0.25) is 0 Å². The molecule has 0 aromatic heterocycles. The molecule has 1 fully saturated rings. The van der Waals surface area contributed by atoms with E-state index in [4.69, 9.17) is 0 Å². The van der Waals surface area contributed by atoms with Crippen LogP contribution in [0.5, 0.6) is 0 Å². The molecule has 1 unspecified atom stereocenters. The molecule has 1 rings (SSSR count). The molecule has 0 spiro atoms. The molecule has 54 valence electrons. The van der Waals surface area contributed by atoms with Crippen LogP contribution in [0.4, 0.5) is 0 Å². The molecule has 1 saturated heterocycles. The normalized spacial score (nSPS) is 30.7. The lowest BCUT2D eigenvalue weighted by Gasteiger charge is -2.31. The molecule has 0 amide bonds. The first-order chi connectivity index (χ1) is 4.34. The number of hydrogen-bond acceptors (Lipinski definition) is 2. The first-order valence-electron chi connectivity index (χ1n) is 3.43. The van der Waals surface area contributed by atoms with Crippen LogP contribution in [0.25, 0.3) is 0 Å². The van der Waals surface area contributed by atoms with E-state index < -0.39 is 0 Å². The topological polar surface area (TPSA) is 15.3 Å². The van der Waals surface area contributed by atoms with Gasteiger partial charge in [0, 0.05) is 19.6 Å². The van der Waals surface area contributed by atoms with Crippen molar-refractivity contribution in [3.05, 3.63) is 0 Å². The Labute approximate surface area is 64.7 Å². The Morgan fingerprint density at radius 3 is 3.00 bits per heavy atom. The minimum Gasteiger partial charge on any atom is -0.313 e. The first kappa shape index (κ1) is 7.51. The number of alkyl halides is 1. The lowest BCUT2D eigenvalue weighted by atomic mass is 10.4. The molecule has 0 aliphatic carbocycles. The van der Waals surface area contributed by atoms with Gasteiger partial charge in [0.1, 0.15) is 0 Å². The van der Waals surface area contributed by atoms with Crippen molar-refractivity contribution in [2.24, 2.45) is 0 Å². The van der Waals surface area contributed by atoms with Crippen molar-refractivity contribution in [3.8, 4) is 0 Å². The quantitative estimate of drug-likeness (QED) is 0.485. The van der Waals surface area contributed by atoms with Crippen molar-refractivity contribution < 1.29 is 0 Å². The molecule has 1 N–H and O–H groups in total. The zero-order valence-corrected chi connectivity index (χ0v) is 7.32. The standard InChI is InChI=1S/C6H13BrN2/c1-2-9-4-3-8-5-6(9)7/h6,8H,2-5H2,1H3. The predicted octanol–water partition coefficient (Wildman–Crippen LogP) is 0.632. The van der Waals surface area contributed by atoms with Crippen LogP contribution in [0.15, 0.2) is 0 Å². The Morgan fingerprint density at radius 2 is 2.56 bits per heavy atom.